The Bertz CT molecular complexity index is 580. The van der Waals surface area contributed by atoms with Crippen molar-refractivity contribution in [1.29, 1.82) is 0 Å². The van der Waals surface area contributed by atoms with Crippen LogP contribution in [0.15, 0.2) is 29.2 Å². The summed E-state index contributed by atoms with van der Waals surface area (Å²) in [5.41, 5.74) is 5.74. The molecule has 0 aliphatic carbocycles. The van der Waals surface area contributed by atoms with Gasteiger partial charge in [0.2, 0.25) is 15.9 Å². The molecule has 0 radical (unpaired) electrons. The number of hydrogen-bond acceptors (Lipinski definition) is 4. The number of benzene rings is 1. The van der Waals surface area contributed by atoms with Gasteiger partial charge in [-0.05, 0) is 30.5 Å². The Morgan fingerprint density at radius 1 is 1.30 bits per heavy atom. The predicted octanol–water partition coefficient (Wildman–Crippen LogP) is 0.468. The molecule has 0 aliphatic rings. The molecule has 1 amide bonds. The lowest BCUT2D eigenvalue weighted by Crippen LogP contribution is -2.52. The molecule has 0 aromatic heterocycles. The fourth-order valence-corrected chi connectivity index (χ4v) is 2.35. The quantitative estimate of drug-likeness (QED) is 0.708. The molecule has 0 bridgehead atoms. The summed E-state index contributed by atoms with van der Waals surface area (Å²) in [5, 5.41) is 7.78. The highest BCUT2D eigenvalue weighted by Crippen LogP contribution is 2.13. The van der Waals surface area contributed by atoms with E-state index in [2.05, 4.69) is 5.32 Å². The van der Waals surface area contributed by atoms with Crippen molar-refractivity contribution in [3.05, 3.63) is 29.8 Å². The summed E-state index contributed by atoms with van der Waals surface area (Å²) >= 11 is 0. The second kappa shape index (κ2) is 6.34. The van der Waals surface area contributed by atoms with E-state index in [4.69, 9.17) is 10.9 Å². The van der Waals surface area contributed by atoms with E-state index >= 15 is 0 Å². The third kappa shape index (κ3) is 4.03. The monoisotopic (exact) mass is 299 g/mol. The van der Waals surface area contributed by atoms with Gasteiger partial charge < -0.3 is 11.1 Å². The van der Waals surface area contributed by atoms with Gasteiger partial charge in [0.15, 0.2) is 0 Å². The molecular weight excluding hydrogens is 278 g/mol. The summed E-state index contributed by atoms with van der Waals surface area (Å²) in [6.45, 7) is 3.91. The Morgan fingerprint density at radius 3 is 2.40 bits per heavy atom. The van der Waals surface area contributed by atoms with Crippen LogP contribution < -0.4 is 16.2 Å². The normalized spacial score (nSPS) is 12.2. The lowest BCUT2D eigenvalue weighted by molar-refractivity contribution is -0.126. The fraction of sp³-hybridized carbons (Fsp3) is 0.462. The first-order chi connectivity index (χ1) is 9.23. The molecular formula is C13H21N3O3S. The van der Waals surface area contributed by atoms with Crippen molar-refractivity contribution >= 4 is 15.9 Å². The number of hydrogen-bond donors (Lipinski definition) is 3. The van der Waals surface area contributed by atoms with Gasteiger partial charge in [0, 0.05) is 6.54 Å². The second-order valence-corrected chi connectivity index (χ2v) is 6.30. The van der Waals surface area contributed by atoms with Crippen LogP contribution >= 0.6 is 0 Å². The summed E-state index contributed by atoms with van der Waals surface area (Å²) in [4.78, 5) is 12.0. The van der Waals surface area contributed by atoms with Crippen LogP contribution in [0, 0.1) is 0 Å². The van der Waals surface area contributed by atoms with E-state index in [-0.39, 0.29) is 17.3 Å². The Morgan fingerprint density at radius 2 is 1.90 bits per heavy atom. The minimum absolute atomic E-state index is 0.0224. The number of carbonyl (C=O) groups excluding carboxylic acids is 1. The molecule has 1 aromatic carbocycles. The maximum Gasteiger partial charge on any atom is 0.240 e. The van der Waals surface area contributed by atoms with Crippen molar-refractivity contribution in [2.75, 3.05) is 0 Å². The topological polar surface area (TPSA) is 115 Å². The second-order valence-electron chi connectivity index (χ2n) is 4.74. The van der Waals surface area contributed by atoms with Gasteiger partial charge in [0.1, 0.15) is 0 Å². The van der Waals surface area contributed by atoms with E-state index in [0.717, 1.165) is 0 Å². The number of amides is 1. The Labute approximate surface area is 119 Å². The minimum atomic E-state index is -3.74. The van der Waals surface area contributed by atoms with Crippen LogP contribution in [0.5, 0.6) is 0 Å². The average Bonchev–Trinajstić information content (AvgIpc) is 2.43. The van der Waals surface area contributed by atoms with E-state index in [1.165, 1.54) is 12.1 Å². The third-order valence-electron chi connectivity index (χ3n) is 3.39. The Balaban J connectivity index is 2.79. The maximum atomic E-state index is 12.0. The van der Waals surface area contributed by atoms with Gasteiger partial charge in [0.05, 0.1) is 10.4 Å². The smallest absolute Gasteiger partial charge is 0.240 e. The molecule has 0 spiro atoms. The zero-order valence-electron chi connectivity index (χ0n) is 11.7. The molecule has 1 rings (SSSR count). The molecule has 5 N–H and O–H groups in total. The zero-order valence-corrected chi connectivity index (χ0v) is 12.5. The van der Waals surface area contributed by atoms with Gasteiger partial charge in [-0.2, -0.15) is 0 Å². The van der Waals surface area contributed by atoms with Crippen LogP contribution in [0.4, 0.5) is 0 Å². The third-order valence-corrected chi connectivity index (χ3v) is 4.31. The molecule has 0 saturated heterocycles. The summed E-state index contributed by atoms with van der Waals surface area (Å²) in [6, 6.07) is 6.14. The van der Waals surface area contributed by atoms with Crippen molar-refractivity contribution in [3.63, 3.8) is 0 Å². The molecule has 1 aromatic rings. The SMILES string of the molecule is CCC(N)(CC)C(=O)NCc1cccc(S(N)(=O)=O)c1. The first-order valence-electron chi connectivity index (χ1n) is 6.42. The van der Waals surface area contributed by atoms with Gasteiger partial charge in [-0.25, -0.2) is 13.6 Å². The number of nitrogens with two attached hydrogens (primary N) is 2. The highest BCUT2D eigenvalue weighted by molar-refractivity contribution is 7.89. The maximum absolute atomic E-state index is 12.0. The lowest BCUT2D eigenvalue weighted by Gasteiger charge is -2.25. The number of sulfonamides is 1. The number of rotatable bonds is 6. The summed E-state index contributed by atoms with van der Waals surface area (Å²) in [6.07, 6.45) is 1.07. The lowest BCUT2D eigenvalue weighted by atomic mass is 9.93. The molecule has 0 heterocycles. The first-order valence-corrected chi connectivity index (χ1v) is 7.96. The molecule has 0 atom stereocenters. The van der Waals surface area contributed by atoms with Crippen LogP contribution in [-0.4, -0.2) is 19.9 Å². The van der Waals surface area contributed by atoms with Crippen molar-refractivity contribution in [2.24, 2.45) is 10.9 Å². The van der Waals surface area contributed by atoms with Crippen LogP contribution in [0.25, 0.3) is 0 Å². The molecule has 20 heavy (non-hydrogen) atoms. The van der Waals surface area contributed by atoms with E-state index in [1.807, 2.05) is 13.8 Å². The standard InChI is InChI=1S/C13H21N3O3S/c1-3-13(14,4-2)12(17)16-9-10-6-5-7-11(8-10)20(15,18)19/h5-8H,3-4,9,14H2,1-2H3,(H,16,17)(H2,15,18,19). The summed E-state index contributed by atoms with van der Waals surface area (Å²) in [5.74, 6) is -0.247. The molecule has 112 valence electrons. The summed E-state index contributed by atoms with van der Waals surface area (Å²) in [7, 11) is -3.74. The molecule has 0 fully saturated rings. The largest absolute Gasteiger partial charge is 0.350 e. The van der Waals surface area contributed by atoms with Crippen molar-refractivity contribution in [2.45, 2.75) is 43.7 Å². The molecule has 0 saturated carbocycles. The van der Waals surface area contributed by atoms with E-state index < -0.39 is 15.6 Å². The van der Waals surface area contributed by atoms with Gasteiger partial charge in [-0.3, -0.25) is 4.79 Å². The molecule has 0 aliphatic heterocycles. The van der Waals surface area contributed by atoms with Gasteiger partial charge in [-0.15, -0.1) is 0 Å². The van der Waals surface area contributed by atoms with Gasteiger partial charge >= 0.3 is 0 Å². The predicted molar refractivity (Wildman–Crippen MR) is 77.2 cm³/mol. The van der Waals surface area contributed by atoms with Crippen LogP contribution in [0.1, 0.15) is 32.3 Å². The highest BCUT2D eigenvalue weighted by Gasteiger charge is 2.29. The van der Waals surface area contributed by atoms with Gasteiger partial charge in [0.25, 0.3) is 0 Å². The van der Waals surface area contributed by atoms with Crippen LogP contribution in [0.3, 0.4) is 0 Å². The van der Waals surface area contributed by atoms with Crippen molar-refractivity contribution in [1.82, 2.24) is 5.32 Å². The number of nitrogens with one attached hydrogen (secondary N) is 1. The zero-order chi connectivity index (χ0) is 15.4. The Kier molecular flexibility index (Phi) is 5.27. The van der Waals surface area contributed by atoms with E-state index in [1.54, 1.807) is 12.1 Å². The molecule has 7 heteroatoms. The first kappa shape index (κ1) is 16.6. The minimum Gasteiger partial charge on any atom is -0.350 e. The summed E-state index contributed by atoms with van der Waals surface area (Å²) < 4.78 is 22.5. The highest BCUT2D eigenvalue weighted by atomic mass is 32.2. The number of primary sulfonamides is 1. The van der Waals surface area contributed by atoms with Crippen molar-refractivity contribution < 1.29 is 13.2 Å². The van der Waals surface area contributed by atoms with Gasteiger partial charge in [-0.1, -0.05) is 26.0 Å². The fourth-order valence-electron chi connectivity index (χ4n) is 1.76. The Hall–Kier alpha value is -1.44. The van der Waals surface area contributed by atoms with E-state index in [9.17, 15) is 13.2 Å². The molecule has 6 nitrogen and oxygen atoms in total. The molecule has 0 unspecified atom stereocenters. The van der Waals surface area contributed by atoms with E-state index in [0.29, 0.717) is 18.4 Å². The average molecular weight is 299 g/mol. The van der Waals surface area contributed by atoms with Crippen LogP contribution in [0.2, 0.25) is 0 Å². The number of carbonyl (C=O) groups is 1. The van der Waals surface area contributed by atoms with Crippen molar-refractivity contribution in [3.8, 4) is 0 Å². The van der Waals surface area contributed by atoms with Crippen LogP contribution in [-0.2, 0) is 21.4 Å².